The van der Waals surface area contributed by atoms with Gasteiger partial charge in [0, 0.05) is 48.9 Å². The van der Waals surface area contributed by atoms with Crippen molar-refractivity contribution in [1.82, 2.24) is 9.88 Å². The molecule has 0 bridgehead atoms. The van der Waals surface area contributed by atoms with Crippen LogP contribution in [0.2, 0.25) is 5.02 Å². The van der Waals surface area contributed by atoms with E-state index in [1.54, 1.807) is 7.11 Å². The first-order valence-electron chi connectivity index (χ1n) is 6.23. The third-order valence-electron chi connectivity index (χ3n) is 3.07. The Balaban J connectivity index is 2.22. The number of aromatic nitrogens is 1. The lowest BCUT2D eigenvalue weighted by molar-refractivity contribution is 0.199. The van der Waals surface area contributed by atoms with Gasteiger partial charge in [0.2, 0.25) is 0 Å². The second-order valence-corrected chi connectivity index (χ2v) is 4.71. The van der Waals surface area contributed by atoms with E-state index in [0.717, 1.165) is 31.3 Å². The van der Waals surface area contributed by atoms with Crippen molar-refractivity contribution in [3.8, 4) is 0 Å². The average Bonchev–Trinajstić information content (AvgIpc) is 2.72. The Labute approximate surface area is 113 Å². The van der Waals surface area contributed by atoms with Gasteiger partial charge >= 0.3 is 0 Å². The third-order valence-corrected chi connectivity index (χ3v) is 3.30. The number of fused-ring (bicyclic) bond motifs is 1. The van der Waals surface area contributed by atoms with Gasteiger partial charge in [0.15, 0.2) is 0 Å². The van der Waals surface area contributed by atoms with E-state index in [1.807, 2.05) is 12.1 Å². The van der Waals surface area contributed by atoms with Crippen LogP contribution in [0.4, 0.5) is 0 Å². The Kier molecular flexibility index (Phi) is 4.64. The Morgan fingerprint density at radius 2 is 2.22 bits per heavy atom. The quantitative estimate of drug-likeness (QED) is 0.814. The number of halogens is 1. The predicted molar refractivity (Wildman–Crippen MR) is 76.2 cm³/mol. The molecule has 0 unspecified atom stereocenters. The molecule has 0 aliphatic heterocycles. The Hall–Kier alpha value is -1.03. The number of rotatable bonds is 6. The molecule has 2 rings (SSSR count). The lowest BCUT2D eigenvalue weighted by Gasteiger charge is -2.02. The molecule has 1 heterocycles. The maximum Gasteiger partial charge on any atom is 0.0587 e. The van der Waals surface area contributed by atoms with Crippen molar-refractivity contribution < 1.29 is 4.74 Å². The molecule has 0 aliphatic rings. The highest BCUT2D eigenvalue weighted by molar-refractivity contribution is 6.31. The van der Waals surface area contributed by atoms with Gasteiger partial charge in [-0.25, -0.2) is 0 Å². The van der Waals surface area contributed by atoms with E-state index in [2.05, 4.69) is 29.1 Å². The normalized spacial score (nSPS) is 11.3. The Bertz CT molecular complexity index is 522. The molecule has 0 fully saturated rings. The van der Waals surface area contributed by atoms with Gasteiger partial charge in [0.05, 0.1) is 6.61 Å². The van der Waals surface area contributed by atoms with Gasteiger partial charge in [-0.1, -0.05) is 17.7 Å². The molecule has 1 aromatic carbocycles. The first-order chi connectivity index (χ1) is 8.76. The third kappa shape index (κ3) is 2.86. The molecule has 1 aromatic heterocycles. The van der Waals surface area contributed by atoms with Crippen molar-refractivity contribution >= 4 is 22.5 Å². The topological polar surface area (TPSA) is 26.2 Å². The second kappa shape index (κ2) is 6.23. The molecular weight excluding hydrogens is 248 g/mol. The highest BCUT2D eigenvalue weighted by atomic mass is 35.5. The van der Waals surface area contributed by atoms with Crippen LogP contribution in [0.15, 0.2) is 24.4 Å². The van der Waals surface area contributed by atoms with Crippen LogP contribution in [-0.4, -0.2) is 24.8 Å². The van der Waals surface area contributed by atoms with Gasteiger partial charge in [0.25, 0.3) is 0 Å². The minimum Gasteiger partial charge on any atom is -0.383 e. The number of benzene rings is 1. The highest BCUT2D eigenvalue weighted by Crippen LogP contribution is 2.24. The number of hydrogen-bond donors (Lipinski definition) is 1. The van der Waals surface area contributed by atoms with Crippen LogP contribution in [0.25, 0.3) is 10.9 Å². The summed E-state index contributed by atoms with van der Waals surface area (Å²) in [6, 6.07) is 6.07. The van der Waals surface area contributed by atoms with Crippen molar-refractivity contribution in [2.75, 3.05) is 20.3 Å². The van der Waals surface area contributed by atoms with Gasteiger partial charge in [-0.2, -0.15) is 0 Å². The van der Waals surface area contributed by atoms with Crippen LogP contribution in [0, 0.1) is 0 Å². The standard InChI is InChI=1S/C14H19ClN2O/c1-3-17-10-11(9-16-6-7-18-2)13-5-4-12(15)8-14(13)17/h4-5,8,10,16H,3,6-7,9H2,1-2H3. The molecular formula is C14H19ClN2O. The zero-order chi connectivity index (χ0) is 13.0. The van der Waals surface area contributed by atoms with E-state index in [4.69, 9.17) is 16.3 Å². The summed E-state index contributed by atoms with van der Waals surface area (Å²) < 4.78 is 7.25. The molecule has 4 heteroatoms. The van der Waals surface area contributed by atoms with Crippen molar-refractivity contribution in [2.45, 2.75) is 20.0 Å². The van der Waals surface area contributed by atoms with Crippen molar-refractivity contribution in [1.29, 1.82) is 0 Å². The largest absolute Gasteiger partial charge is 0.383 e. The molecule has 2 aromatic rings. The zero-order valence-corrected chi connectivity index (χ0v) is 11.6. The van der Waals surface area contributed by atoms with Crippen LogP contribution in [0.5, 0.6) is 0 Å². The zero-order valence-electron chi connectivity index (χ0n) is 10.9. The molecule has 0 saturated carbocycles. The fourth-order valence-electron chi connectivity index (χ4n) is 2.14. The minimum absolute atomic E-state index is 0.734. The van der Waals surface area contributed by atoms with Crippen LogP contribution < -0.4 is 5.32 Å². The van der Waals surface area contributed by atoms with E-state index in [1.165, 1.54) is 16.5 Å². The van der Waals surface area contributed by atoms with E-state index >= 15 is 0 Å². The lowest BCUT2D eigenvalue weighted by Crippen LogP contribution is -2.18. The molecule has 0 spiro atoms. The fourth-order valence-corrected chi connectivity index (χ4v) is 2.31. The summed E-state index contributed by atoms with van der Waals surface area (Å²) in [6.45, 7) is 5.55. The summed E-state index contributed by atoms with van der Waals surface area (Å²) in [7, 11) is 1.71. The van der Waals surface area contributed by atoms with Gasteiger partial charge in [-0.3, -0.25) is 0 Å². The number of ether oxygens (including phenoxy) is 1. The molecule has 0 amide bonds. The Morgan fingerprint density at radius 3 is 2.94 bits per heavy atom. The van der Waals surface area contributed by atoms with Crippen molar-refractivity contribution in [3.63, 3.8) is 0 Å². The molecule has 0 aliphatic carbocycles. The number of nitrogens with one attached hydrogen (secondary N) is 1. The molecule has 0 saturated heterocycles. The maximum atomic E-state index is 6.06. The molecule has 98 valence electrons. The van der Waals surface area contributed by atoms with Crippen molar-refractivity contribution in [2.24, 2.45) is 0 Å². The molecule has 3 nitrogen and oxygen atoms in total. The fraction of sp³-hybridized carbons (Fsp3) is 0.429. The summed E-state index contributed by atoms with van der Waals surface area (Å²) in [5.74, 6) is 0. The monoisotopic (exact) mass is 266 g/mol. The lowest BCUT2D eigenvalue weighted by atomic mass is 10.2. The van der Waals surface area contributed by atoms with Gasteiger partial charge in [-0.05, 0) is 24.6 Å². The summed E-state index contributed by atoms with van der Waals surface area (Å²) in [5, 5.41) is 5.43. The average molecular weight is 267 g/mol. The summed E-state index contributed by atoms with van der Waals surface area (Å²) in [5.41, 5.74) is 2.51. The van der Waals surface area contributed by atoms with Gasteiger partial charge in [0.1, 0.15) is 0 Å². The van der Waals surface area contributed by atoms with Crippen LogP contribution in [0.3, 0.4) is 0 Å². The van der Waals surface area contributed by atoms with E-state index in [-0.39, 0.29) is 0 Å². The van der Waals surface area contributed by atoms with E-state index < -0.39 is 0 Å². The summed E-state index contributed by atoms with van der Waals surface area (Å²) in [4.78, 5) is 0. The maximum absolute atomic E-state index is 6.06. The van der Waals surface area contributed by atoms with Crippen molar-refractivity contribution in [3.05, 3.63) is 35.0 Å². The second-order valence-electron chi connectivity index (χ2n) is 4.27. The van der Waals surface area contributed by atoms with E-state index in [0.29, 0.717) is 0 Å². The summed E-state index contributed by atoms with van der Waals surface area (Å²) in [6.07, 6.45) is 2.20. The highest BCUT2D eigenvalue weighted by Gasteiger charge is 2.07. The molecule has 0 radical (unpaired) electrons. The molecule has 0 atom stereocenters. The van der Waals surface area contributed by atoms with Crippen LogP contribution >= 0.6 is 11.6 Å². The first kappa shape index (κ1) is 13.4. The predicted octanol–water partition coefficient (Wildman–Crippen LogP) is 3.05. The molecule has 18 heavy (non-hydrogen) atoms. The van der Waals surface area contributed by atoms with Crippen LogP contribution in [0.1, 0.15) is 12.5 Å². The van der Waals surface area contributed by atoms with Gasteiger partial charge < -0.3 is 14.6 Å². The smallest absolute Gasteiger partial charge is 0.0587 e. The summed E-state index contributed by atoms with van der Waals surface area (Å²) >= 11 is 6.06. The van der Waals surface area contributed by atoms with Gasteiger partial charge in [-0.15, -0.1) is 0 Å². The minimum atomic E-state index is 0.734. The number of hydrogen-bond acceptors (Lipinski definition) is 2. The van der Waals surface area contributed by atoms with E-state index in [9.17, 15) is 0 Å². The first-order valence-corrected chi connectivity index (χ1v) is 6.61. The number of methoxy groups -OCH3 is 1. The molecule has 1 N–H and O–H groups in total. The Morgan fingerprint density at radius 1 is 1.39 bits per heavy atom. The van der Waals surface area contributed by atoms with Crippen LogP contribution in [-0.2, 0) is 17.8 Å². The SMILES string of the molecule is CCn1cc(CNCCOC)c2ccc(Cl)cc21. The number of aryl methyl sites for hydroxylation is 1. The number of nitrogens with zero attached hydrogens (tertiary/aromatic N) is 1.